The largest absolute Gasteiger partial charge is 0.489 e. The Kier molecular flexibility index (Phi) is 5.54. The van der Waals surface area contributed by atoms with E-state index in [2.05, 4.69) is 0 Å². The summed E-state index contributed by atoms with van der Waals surface area (Å²) < 4.78 is 5.69. The van der Waals surface area contributed by atoms with Gasteiger partial charge in [-0.15, -0.1) is 0 Å². The molecule has 0 saturated carbocycles. The second kappa shape index (κ2) is 7.60. The quantitative estimate of drug-likeness (QED) is 0.509. The highest BCUT2D eigenvalue weighted by Crippen LogP contribution is 2.17. The first kappa shape index (κ1) is 16.0. The van der Waals surface area contributed by atoms with Crippen molar-refractivity contribution in [1.82, 2.24) is 0 Å². The molecule has 0 unspecified atom stereocenters. The van der Waals surface area contributed by atoms with E-state index in [9.17, 15) is 0 Å². The highest BCUT2D eigenvalue weighted by Gasteiger charge is 2.00. The van der Waals surface area contributed by atoms with Gasteiger partial charge in [0.15, 0.2) is 0 Å². The number of nitrogens with two attached hydrogens (primary N) is 1. The molecular formula is C17H13ClN2OS. The van der Waals surface area contributed by atoms with E-state index in [0.29, 0.717) is 11.6 Å². The lowest BCUT2D eigenvalue weighted by molar-refractivity contribution is 0.306. The number of thiocarbonyl (C=S) groups is 1. The van der Waals surface area contributed by atoms with E-state index in [-0.39, 0.29) is 10.6 Å². The van der Waals surface area contributed by atoms with Crippen LogP contribution in [0.5, 0.6) is 5.75 Å². The summed E-state index contributed by atoms with van der Waals surface area (Å²) in [5.41, 5.74) is 7.61. The molecule has 0 heterocycles. The fourth-order valence-electron chi connectivity index (χ4n) is 1.73. The second-order valence-electron chi connectivity index (χ2n) is 4.52. The topological polar surface area (TPSA) is 59.0 Å². The monoisotopic (exact) mass is 328 g/mol. The summed E-state index contributed by atoms with van der Waals surface area (Å²) in [7, 11) is 0. The average Bonchev–Trinajstić information content (AvgIpc) is 2.53. The first-order valence-electron chi connectivity index (χ1n) is 6.47. The van der Waals surface area contributed by atoms with Gasteiger partial charge in [-0.05, 0) is 41.5 Å². The normalized spacial score (nSPS) is 10.8. The Morgan fingerprint density at radius 2 is 1.82 bits per heavy atom. The highest BCUT2D eigenvalue weighted by molar-refractivity contribution is 7.80. The minimum atomic E-state index is 0.0885. The third-order valence-electron chi connectivity index (χ3n) is 2.90. The fraction of sp³-hybridized carbons (Fsp3) is 0.0588. The van der Waals surface area contributed by atoms with E-state index in [1.807, 2.05) is 54.6 Å². The van der Waals surface area contributed by atoms with Gasteiger partial charge in [0.2, 0.25) is 0 Å². The van der Waals surface area contributed by atoms with E-state index in [0.717, 1.165) is 16.9 Å². The predicted octanol–water partition coefficient (Wildman–Crippen LogP) is 4.11. The fourth-order valence-corrected chi connectivity index (χ4v) is 1.96. The second-order valence-corrected chi connectivity index (χ2v) is 5.39. The number of halogens is 1. The molecule has 2 aromatic rings. The molecule has 0 radical (unpaired) electrons. The van der Waals surface area contributed by atoms with Crippen molar-refractivity contribution in [3.8, 4) is 11.8 Å². The zero-order valence-electron chi connectivity index (χ0n) is 11.6. The van der Waals surface area contributed by atoms with Crippen LogP contribution in [0.3, 0.4) is 0 Å². The molecule has 0 amide bonds. The Bertz CT molecular complexity index is 731. The van der Waals surface area contributed by atoms with Crippen LogP contribution in [0.25, 0.3) is 6.08 Å². The first-order chi connectivity index (χ1) is 10.6. The van der Waals surface area contributed by atoms with E-state index in [1.54, 1.807) is 6.08 Å². The summed E-state index contributed by atoms with van der Waals surface area (Å²) >= 11 is 10.6. The van der Waals surface area contributed by atoms with Gasteiger partial charge in [-0.2, -0.15) is 5.26 Å². The van der Waals surface area contributed by atoms with Gasteiger partial charge in [0.25, 0.3) is 0 Å². The lowest BCUT2D eigenvalue weighted by Gasteiger charge is -2.07. The van der Waals surface area contributed by atoms with Crippen LogP contribution in [0, 0.1) is 11.3 Å². The summed E-state index contributed by atoms with van der Waals surface area (Å²) in [5, 5.41) is 9.62. The molecule has 0 aliphatic heterocycles. The van der Waals surface area contributed by atoms with Gasteiger partial charge in [0, 0.05) is 5.02 Å². The van der Waals surface area contributed by atoms with Gasteiger partial charge in [-0.25, -0.2) is 0 Å². The molecule has 0 fully saturated rings. The van der Waals surface area contributed by atoms with Gasteiger partial charge in [-0.3, -0.25) is 0 Å². The van der Waals surface area contributed by atoms with Crippen LogP contribution in [-0.4, -0.2) is 4.99 Å². The van der Waals surface area contributed by atoms with Gasteiger partial charge < -0.3 is 10.5 Å². The van der Waals surface area contributed by atoms with Crippen molar-refractivity contribution < 1.29 is 4.74 Å². The van der Waals surface area contributed by atoms with Gasteiger partial charge in [0.05, 0.1) is 5.57 Å². The summed E-state index contributed by atoms with van der Waals surface area (Å²) in [5.74, 6) is 0.737. The molecule has 0 atom stereocenters. The van der Waals surface area contributed by atoms with Crippen molar-refractivity contribution >= 4 is 34.9 Å². The maximum absolute atomic E-state index is 8.92. The Balaban J connectivity index is 2.02. The average molecular weight is 329 g/mol. The number of hydrogen-bond acceptors (Lipinski definition) is 3. The number of benzene rings is 2. The first-order valence-corrected chi connectivity index (χ1v) is 7.26. The van der Waals surface area contributed by atoms with Crippen LogP contribution >= 0.6 is 23.8 Å². The van der Waals surface area contributed by atoms with Crippen molar-refractivity contribution in [2.45, 2.75) is 6.61 Å². The molecule has 3 nitrogen and oxygen atoms in total. The van der Waals surface area contributed by atoms with Gasteiger partial charge in [-0.1, -0.05) is 48.1 Å². The lowest BCUT2D eigenvalue weighted by atomic mass is 10.1. The van der Waals surface area contributed by atoms with Crippen LogP contribution < -0.4 is 10.5 Å². The van der Waals surface area contributed by atoms with E-state index >= 15 is 0 Å². The zero-order chi connectivity index (χ0) is 15.9. The minimum absolute atomic E-state index is 0.0885. The van der Waals surface area contributed by atoms with Crippen LogP contribution in [0.4, 0.5) is 0 Å². The third kappa shape index (κ3) is 4.59. The Morgan fingerprint density at radius 3 is 2.36 bits per heavy atom. The predicted molar refractivity (Wildman–Crippen MR) is 92.6 cm³/mol. The maximum Gasteiger partial charge on any atom is 0.119 e. The summed E-state index contributed by atoms with van der Waals surface area (Å²) in [6, 6.07) is 16.8. The molecule has 2 N–H and O–H groups in total. The standard InChI is InChI=1S/C17H13ClN2OS/c18-15-5-1-13(2-6-15)11-21-16-7-3-12(4-8-16)9-14(10-19)17(20)22/h1-9H,11H2,(H2,20,22)/b14-9+. The molecular weight excluding hydrogens is 316 g/mol. The summed E-state index contributed by atoms with van der Waals surface area (Å²) in [6.07, 6.45) is 1.64. The molecule has 0 saturated heterocycles. The van der Waals surface area contributed by atoms with Crippen molar-refractivity contribution in [1.29, 1.82) is 5.26 Å². The molecule has 5 heteroatoms. The Labute approximate surface area is 139 Å². The van der Waals surface area contributed by atoms with E-state index < -0.39 is 0 Å². The third-order valence-corrected chi connectivity index (χ3v) is 3.37. The van der Waals surface area contributed by atoms with Crippen molar-refractivity contribution in [3.05, 3.63) is 70.3 Å². The number of rotatable bonds is 5. The molecule has 2 aromatic carbocycles. The van der Waals surface area contributed by atoms with Crippen LogP contribution in [0.15, 0.2) is 54.1 Å². The molecule has 2 rings (SSSR count). The van der Waals surface area contributed by atoms with Crippen molar-refractivity contribution in [2.75, 3.05) is 0 Å². The smallest absolute Gasteiger partial charge is 0.119 e. The number of nitriles is 1. The SMILES string of the molecule is N#C/C(=C\c1ccc(OCc2ccc(Cl)cc2)cc1)C(N)=S. The summed E-state index contributed by atoms with van der Waals surface area (Å²) in [6.45, 7) is 0.461. The zero-order valence-corrected chi connectivity index (χ0v) is 13.2. The number of ether oxygens (including phenoxy) is 1. The molecule has 0 spiro atoms. The van der Waals surface area contributed by atoms with E-state index in [1.165, 1.54) is 0 Å². The van der Waals surface area contributed by atoms with Crippen molar-refractivity contribution in [3.63, 3.8) is 0 Å². The number of hydrogen-bond donors (Lipinski definition) is 1. The van der Waals surface area contributed by atoms with E-state index in [4.69, 9.17) is 39.6 Å². The molecule has 110 valence electrons. The Hall–Kier alpha value is -2.35. The Morgan fingerprint density at radius 1 is 1.18 bits per heavy atom. The van der Waals surface area contributed by atoms with Crippen LogP contribution in [-0.2, 0) is 6.61 Å². The van der Waals surface area contributed by atoms with Gasteiger partial charge >= 0.3 is 0 Å². The molecule has 22 heavy (non-hydrogen) atoms. The molecule has 0 aliphatic rings. The summed E-state index contributed by atoms with van der Waals surface area (Å²) in [4.78, 5) is 0.0885. The molecule has 0 aliphatic carbocycles. The molecule has 0 bridgehead atoms. The molecule has 0 aromatic heterocycles. The van der Waals surface area contributed by atoms with Crippen LogP contribution in [0.1, 0.15) is 11.1 Å². The van der Waals surface area contributed by atoms with Gasteiger partial charge in [0.1, 0.15) is 23.4 Å². The lowest BCUT2D eigenvalue weighted by Crippen LogP contribution is -2.09. The highest BCUT2D eigenvalue weighted by atomic mass is 35.5. The van der Waals surface area contributed by atoms with Crippen LogP contribution in [0.2, 0.25) is 5.02 Å². The van der Waals surface area contributed by atoms with Crippen molar-refractivity contribution in [2.24, 2.45) is 5.73 Å². The number of nitrogens with zero attached hydrogens (tertiary/aromatic N) is 1. The maximum atomic E-state index is 8.92. The minimum Gasteiger partial charge on any atom is -0.489 e.